The van der Waals surface area contributed by atoms with Crippen LogP contribution in [0.1, 0.15) is 52.8 Å². The van der Waals surface area contributed by atoms with Gasteiger partial charge in [0.15, 0.2) is 18.4 Å². The molecular formula is C21H35F3N2O7SSi. The predicted octanol–water partition coefficient (Wildman–Crippen LogP) is 3.22. The lowest BCUT2D eigenvalue weighted by molar-refractivity contribution is -0.770. The first-order chi connectivity index (χ1) is 15.7. The van der Waals surface area contributed by atoms with Gasteiger partial charge in [-0.2, -0.15) is 22.3 Å². The smallest absolute Gasteiger partial charge is 0.485 e. The molecule has 3 rings (SSSR count). The second-order valence-corrected chi connectivity index (χ2v) is 16.1. The number of hydrogen-bond acceptors (Lipinski definition) is 7. The lowest BCUT2D eigenvalue weighted by atomic mass is 9.99. The Morgan fingerprint density at radius 2 is 1.86 bits per heavy atom. The molecule has 3 heterocycles. The number of halogens is 3. The van der Waals surface area contributed by atoms with E-state index in [1.165, 1.54) is 0 Å². The maximum absolute atomic E-state index is 12.4. The first-order valence-electron chi connectivity index (χ1n) is 11.4. The van der Waals surface area contributed by atoms with Crippen LogP contribution >= 0.6 is 0 Å². The maximum Gasteiger partial charge on any atom is 0.485 e. The van der Waals surface area contributed by atoms with Gasteiger partial charge in [-0.05, 0) is 37.9 Å². The summed E-state index contributed by atoms with van der Waals surface area (Å²) in [5, 5.41) is 0.166. The van der Waals surface area contributed by atoms with Gasteiger partial charge in [-0.15, -0.1) is 0 Å². The van der Waals surface area contributed by atoms with Crippen LogP contribution in [0.5, 0.6) is 6.01 Å². The van der Waals surface area contributed by atoms with Crippen LogP contribution in [-0.2, 0) is 25.8 Å². The summed E-state index contributed by atoms with van der Waals surface area (Å²) < 4.78 is 81.6. The van der Waals surface area contributed by atoms with Crippen LogP contribution < -0.4 is 14.9 Å². The predicted molar refractivity (Wildman–Crippen MR) is 122 cm³/mol. The second-order valence-electron chi connectivity index (χ2n) is 10.2. The number of ether oxygens (including phenoxy) is 2. The summed E-state index contributed by atoms with van der Waals surface area (Å²) in [6, 6.07) is 0.607. The van der Waals surface area contributed by atoms with Crippen LogP contribution in [0.15, 0.2) is 11.0 Å². The van der Waals surface area contributed by atoms with Crippen molar-refractivity contribution in [2.45, 2.75) is 96.6 Å². The Kier molecular flexibility index (Phi) is 8.59. The molecule has 0 aromatic carbocycles. The van der Waals surface area contributed by atoms with Crippen molar-refractivity contribution >= 4 is 18.4 Å². The van der Waals surface area contributed by atoms with Gasteiger partial charge in [0.05, 0.1) is 25.1 Å². The Bertz CT molecular complexity index is 1090. The minimum Gasteiger partial charge on any atom is -0.741 e. The highest BCUT2D eigenvalue weighted by atomic mass is 32.2. The molecular weight excluding hydrogens is 509 g/mol. The van der Waals surface area contributed by atoms with E-state index >= 15 is 0 Å². The number of aryl methyl sites for hydroxylation is 1. The molecule has 0 amide bonds. The molecule has 0 radical (unpaired) electrons. The van der Waals surface area contributed by atoms with Crippen molar-refractivity contribution in [3.05, 3.63) is 22.1 Å². The van der Waals surface area contributed by atoms with E-state index in [4.69, 9.17) is 26.9 Å². The van der Waals surface area contributed by atoms with Gasteiger partial charge in [0, 0.05) is 0 Å². The minimum absolute atomic E-state index is 0.00470. The van der Waals surface area contributed by atoms with E-state index in [-0.39, 0.29) is 29.0 Å². The van der Waals surface area contributed by atoms with E-state index in [2.05, 4.69) is 40.8 Å². The van der Waals surface area contributed by atoms with Crippen LogP contribution in [0.25, 0.3) is 0 Å². The Morgan fingerprint density at radius 1 is 1.31 bits per heavy atom. The molecule has 0 aliphatic carbocycles. The molecule has 2 bridgehead atoms. The molecule has 0 spiro atoms. The van der Waals surface area contributed by atoms with Crippen LogP contribution in [-0.4, -0.2) is 50.2 Å². The lowest BCUT2D eigenvalue weighted by Gasteiger charge is -2.43. The first kappa shape index (κ1) is 29.7. The Morgan fingerprint density at radius 3 is 2.31 bits per heavy atom. The van der Waals surface area contributed by atoms with Crippen molar-refractivity contribution in [1.82, 2.24) is 4.57 Å². The monoisotopic (exact) mass is 544 g/mol. The molecule has 2 aliphatic rings. The number of aromatic nitrogens is 2. The van der Waals surface area contributed by atoms with E-state index < -0.39 is 23.9 Å². The molecule has 1 aromatic heterocycles. The van der Waals surface area contributed by atoms with E-state index in [0.717, 1.165) is 6.42 Å². The molecule has 9 nitrogen and oxygen atoms in total. The first-order valence-corrected chi connectivity index (χ1v) is 15.7. The van der Waals surface area contributed by atoms with E-state index in [0.29, 0.717) is 30.6 Å². The maximum atomic E-state index is 12.4. The minimum atomic E-state index is -6.09. The van der Waals surface area contributed by atoms with Crippen molar-refractivity contribution in [1.29, 1.82) is 0 Å². The lowest BCUT2D eigenvalue weighted by Crippen LogP contribution is -2.50. The quantitative estimate of drug-likeness (QED) is 0.234. The van der Waals surface area contributed by atoms with Crippen molar-refractivity contribution < 1.29 is 44.6 Å². The van der Waals surface area contributed by atoms with Gasteiger partial charge in [-0.1, -0.05) is 27.7 Å². The third kappa shape index (κ3) is 6.09. The highest BCUT2D eigenvalue weighted by molar-refractivity contribution is 7.86. The fraction of sp³-hybridized carbons (Fsp3) is 0.810. The third-order valence-corrected chi connectivity index (χ3v) is 12.5. The summed E-state index contributed by atoms with van der Waals surface area (Å²) in [5.74, 6) is 0.556. The van der Waals surface area contributed by atoms with E-state index in [1.54, 1.807) is 4.57 Å². The molecule has 1 fully saturated rings. The van der Waals surface area contributed by atoms with Crippen molar-refractivity contribution in [3.8, 4) is 6.01 Å². The molecule has 1 aromatic rings. The fourth-order valence-electron chi connectivity index (χ4n) is 3.82. The Labute approximate surface area is 205 Å². The normalized spacial score (nSPS) is 22.4. The van der Waals surface area contributed by atoms with Gasteiger partial charge in [-0.25, -0.2) is 13.2 Å². The Balaban J connectivity index is 0.000000466. The zero-order chi connectivity index (χ0) is 27.1. The molecule has 0 N–H and O–H groups in total. The topological polar surface area (TPSA) is 111 Å². The largest absolute Gasteiger partial charge is 0.741 e. The summed E-state index contributed by atoms with van der Waals surface area (Å²) >= 11 is 0. The van der Waals surface area contributed by atoms with Crippen LogP contribution in [0, 0.1) is 12.8 Å². The average molecular weight is 545 g/mol. The van der Waals surface area contributed by atoms with Crippen LogP contribution in [0.3, 0.4) is 0 Å². The van der Waals surface area contributed by atoms with Gasteiger partial charge >= 0.3 is 17.1 Å². The molecule has 1 saturated heterocycles. The fourth-order valence-corrected chi connectivity index (χ4v) is 6.16. The van der Waals surface area contributed by atoms with Crippen molar-refractivity contribution in [2.75, 3.05) is 6.61 Å². The zero-order valence-corrected chi connectivity index (χ0v) is 23.1. The van der Waals surface area contributed by atoms with E-state index in [9.17, 15) is 18.0 Å². The summed E-state index contributed by atoms with van der Waals surface area (Å²) in [6.45, 7) is 18.6. The number of hydrogen-bond donors (Lipinski definition) is 0. The highest BCUT2D eigenvalue weighted by Crippen LogP contribution is 2.45. The number of nitrogens with zero attached hydrogens (tertiary/aromatic N) is 2. The average Bonchev–Trinajstić information content (AvgIpc) is 3.04. The summed E-state index contributed by atoms with van der Waals surface area (Å²) in [4.78, 5) is 12.4. The summed E-state index contributed by atoms with van der Waals surface area (Å²) in [7, 11) is -8.01. The van der Waals surface area contributed by atoms with Gasteiger partial charge in [0.1, 0.15) is 18.4 Å². The molecule has 35 heavy (non-hydrogen) atoms. The Hall–Kier alpha value is -1.48. The van der Waals surface area contributed by atoms with E-state index in [1.807, 2.05) is 24.6 Å². The van der Waals surface area contributed by atoms with Gasteiger partial charge in [0.2, 0.25) is 6.23 Å². The van der Waals surface area contributed by atoms with Crippen LogP contribution in [0.2, 0.25) is 18.1 Å². The SMILES string of the molecule is CCn1c2[n+](cc(C)c1=O)[C@H]1C[C@H](O2)[C@@H](CO[Si](C)(C)C(C)(C)C(C)C)O1.O=S(=O)([O-])C(F)(F)F. The van der Waals surface area contributed by atoms with Gasteiger partial charge < -0.3 is 18.5 Å². The second kappa shape index (κ2) is 10.1. The number of alkyl halides is 3. The number of fused-ring (bicyclic) bond motifs is 4. The van der Waals surface area contributed by atoms with Gasteiger partial charge in [0.25, 0.3) is 0 Å². The molecule has 202 valence electrons. The third-order valence-electron chi connectivity index (χ3n) is 7.32. The van der Waals surface area contributed by atoms with Crippen molar-refractivity contribution in [2.24, 2.45) is 5.92 Å². The standard InChI is InChI=1S/C20H35N2O4Si.CHF3O3S/c1-9-21-18(23)14(4)11-22-17-10-15(26-19(21)22)16(25-17)12-24-27(7,8)20(5,6)13(2)3;2-1(3,4)8(5,6)7/h11,13,15-17H,9-10,12H2,1-8H3;(H,5,6,7)/q+1;/p-1/t15-,16+,17+;/m0./s1. The molecule has 2 aliphatic heterocycles. The van der Waals surface area contributed by atoms with Crippen LogP contribution in [0.4, 0.5) is 13.2 Å². The highest BCUT2D eigenvalue weighted by Gasteiger charge is 2.50. The van der Waals surface area contributed by atoms with Crippen molar-refractivity contribution in [3.63, 3.8) is 0 Å². The molecule has 3 atom stereocenters. The number of rotatable bonds is 6. The molecule has 0 unspecified atom stereocenters. The zero-order valence-electron chi connectivity index (χ0n) is 21.3. The molecule has 14 heteroatoms. The summed E-state index contributed by atoms with van der Waals surface area (Å²) in [5.41, 5.74) is -4.93. The van der Waals surface area contributed by atoms with Gasteiger partial charge in [-0.3, -0.25) is 0 Å². The summed E-state index contributed by atoms with van der Waals surface area (Å²) in [6.07, 6.45) is 2.39. The molecule has 0 saturated carbocycles.